The Hall–Kier alpha value is -0.890. The van der Waals surface area contributed by atoms with Gasteiger partial charge in [0.1, 0.15) is 5.82 Å². The number of hydrogen-bond acceptors (Lipinski definition) is 1. The molecule has 1 saturated carbocycles. The summed E-state index contributed by atoms with van der Waals surface area (Å²) in [6.07, 6.45) is 1.02. The van der Waals surface area contributed by atoms with Gasteiger partial charge >= 0.3 is 0 Å². The molecule has 2 unspecified atom stereocenters. The summed E-state index contributed by atoms with van der Waals surface area (Å²) < 4.78 is 12.7. The number of hydrogen-bond donors (Lipinski definition) is 1. The smallest absolute Gasteiger partial charge is 0.123 e. The third-order valence-electron chi connectivity index (χ3n) is 3.25. The van der Waals surface area contributed by atoms with Gasteiger partial charge in [0.05, 0.1) is 0 Å². The van der Waals surface area contributed by atoms with Crippen molar-refractivity contribution < 1.29 is 4.39 Å². The van der Waals surface area contributed by atoms with Crippen molar-refractivity contribution in [1.82, 2.24) is 0 Å². The van der Waals surface area contributed by atoms with Crippen molar-refractivity contribution in [2.75, 3.05) is 0 Å². The van der Waals surface area contributed by atoms with Crippen LogP contribution in [0.25, 0.3) is 0 Å². The summed E-state index contributed by atoms with van der Waals surface area (Å²) in [5.41, 5.74) is 7.12. The zero-order valence-corrected chi connectivity index (χ0v) is 8.63. The quantitative estimate of drug-likeness (QED) is 0.767. The average Bonchev–Trinajstić information content (AvgIpc) is 2.80. The van der Waals surface area contributed by atoms with Gasteiger partial charge < -0.3 is 5.73 Å². The number of rotatable bonds is 2. The van der Waals surface area contributed by atoms with Gasteiger partial charge in [-0.1, -0.05) is 26.0 Å². The standard InChI is InChI=1S/C12H16FN/c1-8(2)11-7-12(11,14)9-3-5-10(13)6-4-9/h3-6,8,11H,7,14H2,1-2H3. The summed E-state index contributed by atoms with van der Waals surface area (Å²) in [5.74, 6) is 0.956. The van der Waals surface area contributed by atoms with Gasteiger partial charge in [0.25, 0.3) is 0 Å². The zero-order valence-electron chi connectivity index (χ0n) is 8.63. The number of benzene rings is 1. The van der Waals surface area contributed by atoms with Crippen molar-refractivity contribution >= 4 is 0 Å². The van der Waals surface area contributed by atoms with Crippen LogP contribution in [0.1, 0.15) is 25.8 Å². The fourth-order valence-electron chi connectivity index (χ4n) is 2.23. The molecule has 0 bridgehead atoms. The molecule has 14 heavy (non-hydrogen) atoms. The normalized spacial score (nSPS) is 30.8. The van der Waals surface area contributed by atoms with Gasteiger partial charge in [0.2, 0.25) is 0 Å². The molecule has 2 rings (SSSR count). The fraction of sp³-hybridized carbons (Fsp3) is 0.500. The van der Waals surface area contributed by atoms with Gasteiger partial charge in [-0.15, -0.1) is 0 Å². The van der Waals surface area contributed by atoms with Crippen LogP contribution in [-0.4, -0.2) is 0 Å². The van der Waals surface area contributed by atoms with E-state index in [1.165, 1.54) is 12.1 Å². The third kappa shape index (κ3) is 1.44. The average molecular weight is 193 g/mol. The summed E-state index contributed by atoms with van der Waals surface area (Å²) >= 11 is 0. The fourth-order valence-corrected chi connectivity index (χ4v) is 2.23. The lowest BCUT2D eigenvalue weighted by Gasteiger charge is -2.13. The molecular weight excluding hydrogens is 177 g/mol. The first-order valence-electron chi connectivity index (χ1n) is 5.09. The van der Waals surface area contributed by atoms with Crippen LogP contribution in [0.2, 0.25) is 0 Å². The summed E-state index contributed by atoms with van der Waals surface area (Å²) in [5, 5.41) is 0. The van der Waals surface area contributed by atoms with E-state index in [2.05, 4.69) is 13.8 Å². The maximum atomic E-state index is 12.7. The zero-order chi connectivity index (χ0) is 10.3. The largest absolute Gasteiger partial charge is 0.321 e. The highest BCUT2D eigenvalue weighted by Gasteiger charge is 2.53. The molecule has 0 aliphatic heterocycles. The molecule has 0 saturated heterocycles. The molecule has 2 N–H and O–H groups in total. The Kier molecular flexibility index (Phi) is 2.11. The topological polar surface area (TPSA) is 26.0 Å². The lowest BCUT2D eigenvalue weighted by Crippen LogP contribution is -2.23. The maximum absolute atomic E-state index is 12.7. The van der Waals surface area contributed by atoms with Crippen LogP contribution in [0.3, 0.4) is 0 Å². The van der Waals surface area contributed by atoms with E-state index in [-0.39, 0.29) is 11.4 Å². The molecule has 1 aromatic carbocycles. The number of nitrogens with two attached hydrogens (primary N) is 1. The van der Waals surface area contributed by atoms with Crippen LogP contribution in [0, 0.1) is 17.7 Å². The SMILES string of the molecule is CC(C)C1CC1(N)c1ccc(F)cc1. The molecule has 1 aromatic rings. The highest BCUT2D eigenvalue weighted by molar-refractivity contribution is 5.32. The first kappa shape index (κ1) is 9.66. The molecule has 1 aliphatic carbocycles. The van der Waals surface area contributed by atoms with Crippen LogP contribution in [0.15, 0.2) is 24.3 Å². The van der Waals surface area contributed by atoms with Crippen LogP contribution >= 0.6 is 0 Å². The molecule has 0 spiro atoms. The Labute approximate surface area is 84.1 Å². The van der Waals surface area contributed by atoms with E-state index in [0.29, 0.717) is 11.8 Å². The first-order chi connectivity index (χ1) is 6.54. The Bertz CT molecular complexity index is 331. The molecule has 0 heterocycles. The van der Waals surface area contributed by atoms with E-state index in [1.807, 2.05) is 0 Å². The van der Waals surface area contributed by atoms with Crippen molar-refractivity contribution in [3.05, 3.63) is 35.6 Å². The summed E-state index contributed by atoms with van der Waals surface area (Å²) in [4.78, 5) is 0. The van der Waals surface area contributed by atoms with E-state index in [1.54, 1.807) is 12.1 Å². The summed E-state index contributed by atoms with van der Waals surface area (Å²) in [6, 6.07) is 6.58. The second-order valence-corrected chi connectivity index (χ2v) is 4.60. The molecule has 0 amide bonds. The molecule has 1 aliphatic rings. The second-order valence-electron chi connectivity index (χ2n) is 4.60. The van der Waals surface area contributed by atoms with Crippen LogP contribution in [0.4, 0.5) is 4.39 Å². The Morgan fingerprint density at radius 3 is 2.36 bits per heavy atom. The van der Waals surface area contributed by atoms with E-state index < -0.39 is 0 Å². The predicted octanol–water partition coefficient (Wildman–Crippen LogP) is 2.66. The molecular formula is C12H16FN. The van der Waals surface area contributed by atoms with E-state index in [4.69, 9.17) is 5.73 Å². The van der Waals surface area contributed by atoms with Gasteiger partial charge in [-0.05, 0) is 36.0 Å². The highest BCUT2D eigenvalue weighted by atomic mass is 19.1. The lowest BCUT2D eigenvalue weighted by molar-refractivity contribution is 0.487. The van der Waals surface area contributed by atoms with Gasteiger partial charge in [-0.2, -0.15) is 0 Å². The Morgan fingerprint density at radius 2 is 1.93 bits per heavy atom. The van der Waals surface area contributed by atoms with E-state index >= 15 is 0 Å². The predicted molar refractivity (Wildman–Crippen MR) is 55.2 cm³/mol. The summed E-state index contributed by atoms with van der Waals surface area (Å²) in [7, 11) is 0. The molecule has 2 atom stereocenters. The van der Waals surface area contributed by atoms with E-state index in [0.717, 1.165) is 12.0 Å². The molecule has 1 nitrogen and oxygen atoms in total. The molecule has 76 valence electrons. The van der Waals surface area contributed by atoms with Gasteiger partial charge in [0.15, 0.2) is 0 Å². The third-order valence-corrected chi connectivity index (χ3v) is 3.25. The van der Waals surface area contributed by atoms with Crippen molar-refractivity contribution in [3.8, 4) is 0 Å². The van der Waals surface area contributed by atoms with Crippen molar-refractivity contribution in [3.63, 3.8) is 0 Å². The van der Waals surface area contributed by atoms with Gasteiger partial charge in [-0.25, -0.2) is 4.39 Å². The van der Waals surface area contributed by atoms with Crippen LogP contribution in [0.5, 0.6) is 0 Å². The highest BCUT2D eigenvalue weighted by Crippen LogP contribution is 2.53. The van der Waals surface area contributed by atoms with Crippen LogP contribution < -0.4 is 5.73 Å². The molecule has 1 fully saturated rings. The Balaban J connectivity index is 2.21. The lowest BCUT2D eigenvalue weighted by atomic mass is 9.98. The minimum absolute atomic E-state index is 0.193. The molecule has 0 aromatic heterocycles. The van der Waals surface area contributed by atoms with Gasteiger partial charge in [0, 0.05) is 5.54 Å². The van der Waals surface area contributed by atoms with Crippen molar-refractivity contribution in [2.24, 2.45) is 17.6 Å². The molecule has 0 radical (unpaired) electrons. The summed E-state index contributed by atoms with van der Waals surface area (Å²) in [6.45, 7) is 4.37. The first-order valence-corrected chi connectivity index (χ1v) is 5.09. The Morgan fingerprint density at radius 1 is 1.36 bits per heavy atom. The minimum Gasteiger partial charge on any atom is -0.321 e. The van der Waals surface area contributed by atoms with Crippen LogP contribution in [-0.2, 0) is 5.54 Å². The van der Waals surface area contributed by atoms with Crippen molar-refractivity contribution in [2.45, 2.75) is 25.8 Å². The molecule has 2 heteroatoms. The monoisotopic (exact) mass is 193 g/mol. The van der Waals surface area contributed by atoms with E-state index in [9.17, 15) is 4.39 Å². The van der Waals surface area contributed by atoms with Crippen molar-refractivity contribution in [1.29, 1.82) is 0 Å². The second kappa shape index (κ2) is 3.06. The van der Waals surface area contributed by atoms with Gasteiger partial charge in [-0.3, -0.25) is 0 Å². The minimum atomic E-state index is -0.195. The number of halogens is 1. The maximum Gasteiger partial charge on any atom is 0.123 e.